The van der Waals surface area contributed by atoms with Crippen LogP contribution in [0.3, 0.4) is 0 Å². The summed E-state index contributed by atoms with van der Waals surface area (Å²) in [7, 11) is 1.50. The van der Waals surface area contributed by atoms with Gasteiger partial charge in [0, 0.05) is 7.11 Å². The maximum atomic E-state index is 10.5. The Balaban J connectivity index is 2.51. The summed E-state index contributed by atoms with van der Waals surface area (Å²) in [6.45, 7) is 0.281. The third-order valence-corrected chi connectivity index (χ3v) is 1.70. The molecule has 0 aromatic heterocycles. The molecule has 3 nitrogen and oxygen atoms in total. The molecule has 1 aliphatic rings. The van der Waals surface area contributed by atoms with Gasteiger partial charge in [-0.25, -0.2) is 0 Å². The van der Waals surface area contributed by atoms with E-state index in [2.05, 4.69) is 4.74 Å². The Labute approximate surface area is 57.9 Å². The monoisotopic (exact) mass is 150 g/mol. The third-order valence-electron chi connectivity index (χ3n) is 1.24. The Kier molecular flexibility index (Phi) is 1.93. The number of hydrogen-bond acceptors (Lipinski definition) is 3. The quantitative estimate of drug-likeness (QED) is 0.395. The number of carbonyl (C=O) groups excluding carboxylic acids is 1. The topological polar surface area (TPSA) is 35.5 Å². The van der Waals surface area contributed by atoms with Crippen LogP contribution in [-0.4, -0.2) is 31.2 Å². The average molecular weight is 151 g/mol. The van der Waals surface area contributed by atoms with E-state index in [1.807, 2.05) is 0 Å². The fourth-order valence-corrected chi connectivity index (χ4v) is 0.906. The summed E-state index contributed by atoms with van der Waals surface area (Å²) >= 11 is 5.53. The number of cyclic esters (lactones) is 1. The van der Waals surface area contributed by atoms with Gasteiger partial charge in [0.25, 0.3) is 0 Å². The Morgan fingerprint density at radius 1 is 1.89 bits per heavy atom. The Morgan fingerprint density at radius 2 is 2.56 bits per heavy atom. The SMILES string of the molecule is COC1COC(=O)C1Cl. The lowest BCUT2D eigenvalue weighted by Gasteiger charge is -2.04. The number of ether oxygens (including phenoxy) is 2. The second kappa shape index (κ2) is 2.54. The first-order chi connectivity index (χ1) is 4.25. The lowest BCUT2D eigenvalue weighted by molar-refractivity contribution is -0.137. The molecule has 0 spiro atoms. The number of rotatable bonds is 1. The maximum absolute atomic E-state index is 10.5. The molecule has 1 heterocycles. The van der Waals surface area contributed by atoms with Gasteiger partial charge < -0.3 is 9.47 Å². The molecule has 1 saturated heterocycles. The van der Waals surface area contributed by atoms with Crippen molar-refractivity contribution in [3.63, 3.8) is 0 Å². The molecule has 1 fully saturated rings. The van der Waals surface area contributed by atoms with Crippen LogP contribution in [-0.2, 0) is 14.3 Å². The summed E-state index contributed by atoms with van der Waals surface area (Å²) in [5.41, 5.74) is 0. The normalized spacial score (nSPS) is 34.7. The smallest absolute Gasteiger partial charge is 0.326 e. The summed E-state index contributed by atoms with van der Waals surface area (Å²) < 4.78 is 9.39. The molecule has 52 valence electrons. The van der Waals surface area contributed by atoms with Crippen LogP contribution in [0, 0.1) is 0 Å². The first-order valence-corrected chi connectivity index (χ1v) is 3.03. The standard InChI is InChI=1S/C5H7ClO3/c1-8-3-2-9-5(7)4(3)6/h3-4H,2H2,1H3. The van der Waals surface area contributed by atoms with Crippen LogP contribution in [0.15, 0.2) is 0 Å². The minimum absolute atomic E-state index is 0.265. The highest BCUT2D eigenvalue weighted by atomic mass is 35.5. The van der Waals surface area contributed by atoms with Crippen LogP contribution in [0.1, 0.15) is 0 Å². The van der Waals surface area contributed by atoms with E-state index in [4.69, 9.17) is 16.3 Å². The summed E-state index contributed by atoms with van der Waals surface area (Å²) in [6, 6.07) is 0. The highest BCUT2D eigenvalue weighted by Crippen LogP contribution is 2.15. The fraction of sp³-hybridized carbons (Fsp3) is 0.800. The van der Waals surface area contributed by atoms with Crippen LogP contribution >= 0.6 is 11.6 Å². The van der Waals surface area contributed by atoms with Crippen molar-refractivity contribution in [2.75, 3.05) is 13.7 Å². The van der Waals surface area contributed by atoms with E-state index in [0.29, 0.717) is 0 Å². The molecular formula is C5H7ClO3. The van der Waals surface area contributed by atoms with Crippen LogP contribution in [0.2, 0.25) is 0 Å². The first kappa shape index (κ1) is 6.83. The summed E-state index contributed by atoms with van der Waals surface area (Å²) in [5.74, 6) is -0.386. The van der Waals surface area contributed by atoms with E-state index in [-0.39, 0.29) is 18.7 Å². The van der Waals surface area contributed by atoms with Crippen molar-refractivity contribution in [3.8, 4) is 0 Å². The van der Waals surface area contributed by atoms with Crippen molar-refractivity contribution in [1.82, 2.24) is 0 Å². The van der Waals surface area contributed by atoms with Crippen molar-refractivity contribution in [1.29, 1.82) is 0 Å². The number of esters is 1. The third kappa shape index (κ3) is 1.17. The van der Waals surface area contributed by atoms with Gasteiger partial charge in [0.1, 0.15) is 12.7 Å². The molecule has 0 N–H and O–H groups in total. The van der Waals surface area contributed by atoms with Crippen molar-refractivity contribution >= 4 is 17.6 Å². The fourth-order valence-electron chi connectivity index (χ4n) is 0.668. The van der Waals surface area contributed by atoms with Crippen molar-refractivity contribution < 1.29 is 14.3 Å². The largest absolute Gasteiger partial charge is 0.462 e. The molecule has 0 saturated carbocycles. The van der Waals surface area contributed by atoms with E-state index in [9.17, 15) is 4.79 Å². The van der Waals surface area contributed by atoms with Gasteiger partial charge in [-0.15, -0.1) is 11.6 Å². The van der Waals surface area contributed by atoms with Gasteiger partial charge in [-0.3, -0.25) is 4.79 Å². The van der Waals surface area contributed by atoms with Crippen molar-refractivity contribution in [2.24, 2.45) is 0 Å². The lowest BCUT2D eigenvalue weighted by Crippen LogP contribution is -2.22. The molecule has 2 atom stereocenters. The predicted octanol–water partition coefficient (Wildman–Crippen LogP) is 0.166. The Bertz CT molecular complexity index is 125. The number of halogens is 1. The average Bonchev–Trinajstić information content (AvgIpc) is 2.15. The maximum Gasteiger partial charge on any atom is 0.326 e. The molecule has 1 rings (SSSR count). The zero-order chi connectivity index (χ0) is 6.85. The molecule has 0 aliphatic carbocycles. The van der Waals surface area contributed by atoms with Gasteiger partial charge in [-0.1, -0.05) is 0 Å². The minimum atomic E-state index is -0.616. The zero-order valence-corrected chi connectivity index (χ0v) is 5.72. The van der Waals surface area contributed by atoms with Gasteiger partial charge in [-0.2, -0.15) is 0 Å². The Morgan fingerprint density at radius 3 is 2.78 bits per heavy atom. The van der Waals surface area contributed by atoms with E-state index in [0.717, 1.165) is 0 Å². The minimum Gasteiger partial charge on any atom is -0.462 e. The number of carbonyl (C=O) groups is 1. The van der Waals surface area contributed by atoms with Gasteiger partial charge in [0.05, 0.1) is 0 Å². The van der Waals surface area contributed by atoms with Crippen LogP contribution < -0.4 is 0 Å². The van der Waals surface area contributed by atoms with Crippen LogP contribution in [0.4, 0.5) is 0 Å². The molecule has 4 heteroatoms. The van der Waals surface area contributed by atoms with Gasteiger partial charge >= 0.3 is 5.97 Å². The van der Waals surface area contributed by atoms with Crippen LogP contribution in [0.25, 0.3) is 0 Å². The number of methoxy groups -OCH3 is 1. The molecule has 1 aliphatic heterocycles. The molecule has 0 aromatic rings. The van der Waals surface area contributed by atoms with Crippen molar-refractivity contribution in [2.45, 2.75) is 11.5 Å². The predicted molar refractivity (Wildman–Crippen MR) is 31.4 cm³/mol. The molecule has 9 heavy (non-hydrogen) atoms. The van der Waals surface area contributed by atoms with E-state index < -0.39 is 5.38 Å². The Hall–Kier alpha value is -0.280. The van der Waals surface area contributed by atoms with Crippen LogP contribution in [0.5, 0.6) is 0 Å². The summed E-state index contributed by atoms with van der Waals surface area (Å²) in [5, 5.41) is -0.616. The molecule has 0 radical (unpaired) electrons. The van der Waals surface area contributed by atoms with Gasteiger partial charge in [-0.05, 0) is 0 Å². The van der Waals surface area contributed by atoms with E-state index >= 15 is 0 Å². The molecule has 0 amide bonds. The highest BCUT2D eigenvalue weighted by Gasteiger charge is 2.35. The van der Waals surface area contributed by atoms with Gasteiger partial charge in [0.2, 0.25) is 0 Å². The number of alkyl halides is 1. The zero-order valence-electron chi connectivity index (χ0n) is 4.96. The molecular weight excluding hydrogens is 144 g/mol. The summed E-state index contributed by atoms with van der Waals surface area (Å²) in [4.78, 5) is 10.5. The first-order valence-electron chi connectivity index (χ1n) is 2.59. The molecule has 0 aromatic carbocycles. The molecule has 2 unspecified atom stereocenters. The lowest BCUT2D eigenvalue weighted by atomic mass is 10.3. The molecule has 0 bridgehead atoms. The van der Waals surface area contributed by atoms with Crippen molar-refractivity contribution in [3.05, 3.63) is 0 Å². The van der Waals surface area contributed by atoms with E-state index in [1.54, 1.807) is 0 Å². The van der Waals surface area contributed by atoms with Gasteiger partial charge in [0.15, 0.2) is 5.38 Å². The number of hydrogen-bond donors (Lipinski definition) is 0. The second-order valence-electron chi connectivity index (χ2n) is 1.81. The second-order valence-corrected chi connectivity index (χ2v) is 2.28. The van der Waals surface area contributed by atoms with E-state index in [1.165, 1.54) is 7.11 Å². The highest BCUT2D eigenvalue weighted by molar-refractivity contribution is 6.30. The summed E-state index contributed by atoms with van der Waals surface area (Å²) in [6.07, 6.45) is -0.265.